The Balaban J connectivity index is 1.24. The largest absolute Gasteiger partial charge is 0.478 e. The van der Waals surface area contributed by atoms with Gasteiger partial charge in [0.15, 0.2) is 0 Å². The maximum atomic E-state index is 12.8. The number of nitrogens with one attached hydrogen (secondary N) is 2. The molecule has 1 saturated carbocycles. The van der Waals surface area contributed by atoms with Crippen molar-refractivity contribution in [2.45, 2.75) is 24.3 Å². The van der Waals surface area contributed by atoms with E-state index < -0.39 is 23.5 Å². The van der Waals surface area contributed by atoms with Gasteiger partial charge in [0.2, 0.25) is 5.91 Å². The molecule has 172 valence electrons. The molecule has 0 aromatic heterocycles. The normalized spacial score (nSPS) is 15.1. The SMILES string of the molecule is O=C(NC1(C(=O)Nc2ccc(Cl)c(C(=O)O)c2)CC1)OCC1c2ccccc2-c2ccccc21. The van der Waals surface area contributed by atoms with E-state index in [2.05, 4.69) is 22.8 Å². The van der Waals surface area contributed by atoms with E-state index in [0.717, 1.165) is 22.3 Å². The number of hydrogen-bond donors (Lipinski definition) is 3. The molecule has 5 rings (SSSR count). The fourth-order valence-electron chi connectivity index (χ4n) is 4.38. The van der Waals surface area contributed by atoms with Crippen LogP contribution in [0.2, 0.25) is 5.02 Å². The summed E-state index contributed by atoms with van der Waals surface area (Å²) < 4.78 is 5.56. The van der Waals surface area contributed by atoms with Crippen LogP contribution in [0.15, 0.2) is 66.7 Å². The van der Waals surface area contributed by atoms with Crippen molar-refractivity contribution >= 4 is 35.3 Å². The number of alkyl carbamates (subject to hydrolysis) is 1. The molecule has 3 aromatic carbocycles. The molecule has 0 atom stereocenters. The molecule has 1 fully saturated rings. The van der Waals surface area contributed by atoms with Gasteiger partial charge in [-0.2, -0.15) is 0 Å². The quantitative estimate of drug-likeness (QED) is 0.462. The van der Waals surface area contributed by atoms with Gasteiger partial charge in [-0.15, -0.1) is 0 Å². The van der Waals surface area contributed by atoms with Crippen molar-refractivity contribution in [2.75, 3.05) is 11.9 Å². The van der Waals surface area contributed by atoms with Crippen LogP contribution in [0, 0.1) is 0 Å². The van der Waals surface area contributed by atoms with Gasteiger partial charge in [0.05, 0.1) is 10.6 Å². The molecular formula is C26H21ClN2O5. The summed E-state index contributed by atoms with van der Waals surface area (Å²) in [5.41, 5.74) is 3.56. The van der Waals surface area contributed by atoms with E-state index in [1.807, 2.05) is 36.4 Å². The first-order valence-electron chi connectivity index (χ1n) is 10.9. The molecule has 0 saturated heterocycles. The van der Waals surface area contributed by atoms with Crippen molar-refractivity contribution in [3.63, 3.8) is 0 Å². The van der Waals surface area contributed by atoms with Crippen molar-refractivity contribution < 1.29 is 24.2 Å². The van der Waals surface area contributed by atoms with Gasteiger partial charge in [-0.1, -0.05) is 60.1 Å². The molecular weight excluding hydrogens is 456 g/mol. The minimum Gasteiger partial charge on any atom is -0.478 e. The number of carbonyl (C=O) groups excluding carboxylic acids is 2. The van der Waals surface area contributed by atoms with Crippen LogP contribution in [-0.4, -0.2) is 35.2 Å². The van der Waals surface area contributed by atoms with Crippen molar-refractivity contribution in [1.29, 1.82) is 0 Å². The summed E-state index contributed by atoms with van der Waals surface area (Å²) >= 11 is 5.88. The second-order valence-electron chi connectivity index (χ2n) is 8.49. The number of carboxylic acids is 1. The molecule has 0 unspecified atom stereocenters. The van der Waals surface area contributed by atoms with E-state index in [-0.39, 0.29) is 28.8 Å². The van der Waals surface area contributed by atoms with Crippen LogP contribution < -0.4 is 10.6 Å². The Hall–Kier alpha value is -3.84. The first-order chi connectivity index (χ1) is 16.4. The zero-order valence-corrected chi connectivity index (χ0v) is 18.8. The third-order valence-corrected chi connectivity index (χ3v) is 6.65. The predicted molar refractivity (Wildman–Crippen MR) is 127 cm³/mol. The average Bonchev–Trinajstić information content (AvgIpc) is 3.54. The van der Waals surface area contributed by atoms with Gasteiger partial charge in [0, 0.05) is 11.6 Å². The number of rotatable bonds is 6. The first-order valence-corrected chi connectivity index (χ1v) is 11.2. The maximum absolute atomic E-state index is 12.8. The Kier molecular flexibility index (Phi) is 5.49. The highest BCUT2D eigenvalue weighted by atomic mass is 35.5. The smallest absolute Gasteiger partial charge is 0.408 e. The molecule has 2 aliphatic rings. The van der Waals surface area contributed by atoms with Crippen LogP contribution in [0.25, 0.3) is 11.1 Å². The van der Waals surface area contributed by atoms with Gasteiger partial charge in [-0.3, -0.25) is 4.79 Å². The van der Waals surface area contributed by atoms with Gasteiger partial charge < -0.3 is 20.5 Å². The van der Waals surface area contributed by atoms with Crippen molar-refractivity contribution in [2.24, 2.45) is 0 Å². The molecule has 34 heavy (non-hydrogen) atoms. The lowest BCUT2D eigenvalue weighted by atomic mass is 9.98. The molecule has 0 spiro atoms. The summed E-state index contributed by atoms with van der Waals surface area (Å²) in [6, 6.07) is 20.3. The monoisotopic (exact) mass is 476 g/mol. The number of ether oxygens (including phenoxy) is 1. The number of anilines is 1. The Bertz CT molecular complexity index is 1270. The van der Waals surface area contributed by atoms with Crippen LogP contribution in [0.1, 0.15) is 40.2 Å². The summed E-state index contributed by atoms with van der Waals surface area (Å²) in [4.78, 5) is 36.7. The van der Waals surface area contributed by atoms with Gasteiger partial charge >= 0.3 is 12.1 Å². The molecule has 2 amide bonds. The lowest BCUT2D eigenvalue weighted by Crippen LogP contribution is -2.46. The molecule has 8 heteroatoms. The number of carboxylic acid groups (broad SMARTS) is 1. The van der Waals surface area contributed by atoms with Crippen LogP contribution in [0.5, 0.6) is 0 Å². The fraction of sp³-hybridized carbons (Fsp3) is 0.192. The second kappa shape index (κ2) is 8.50. The number of benzene rings is 3. The standard InChI is InChI=1S/C26H21ClN2O5/c27-22-10-9-15(13-20(22)23(30)31)28-24(32)26(11-12-26)29-25(33)34-14-21-18-7-3-1-5-16(18)17-6-2-4-8-19(17)21/h1-10,13,21H,11-12,14H2,(H,28,32)(H,29,33)(H,30,31). The van der Waals surface area contributed by atoms with E-state index in [1.165, 1.54) is 18.2 Å². The van der Waals surface area contributed by atoms with Crippen molar-refractivity contribution in [1.82, 2.24) is 5.32 Å². The summed E-state index contributed by atoms with van der Waals surface area (Å²) in [6.07, 6.45) is 0.252. The predicted octanol–water partition coefficient (Wildman–Crippen LogP) is 5.05. The number of hydrogen-bond acceptors (Lipinski definition) is 4. The van der Waals surface area contributed by atoms with Crippen molar-refractivity contribution in [3.8, 4) is 11.1 Å². The molecule has 0 aliphatic heterocycles. The molecule has 0 radical (unpaired) electrons. The second-order valence-corrected chi connectivity index (χ2v) is 8.89. The van der Waals surface area contributed by atoms with E-state index in [9.17, 15) is 19.5 Å². The zero-order chi connectivity index (χ0) is 23.9. The fourth-order valence-corrected chi connectivity index (χ4v) is 4.58. The lowest BCUT2D eigenvalue weighted by Gasteiger charge is -2.19. The summed E-state index contributed by atoms with van der Waals surface area (Å²) in [7, 11) is 0. The zero-order valence-electron chi connectivity index (χ0n) is 18.0. The molecule has 3 N–H and O–H groups in total. The highest BCUT2D eigenvalue weighted by Crippen LogP contribution is 2.44. The van der Waals surface area contributed by atoms with Crippen LogP contribution in [-0.2, 0) is 9.53 Å². The number of fused-ring (bicyclic) bond motifs is 3. The van der Waals surface area contributed by atoms with Gasteiger partial charge in [0.25, 0.3) is 0 Å². The Morgan fingerprint density at radius 2 is 1.59 bits per heavy atom. The Morgan fingerprint density at radius 3 is 2.18 bits per heavy atom. The maximum Gasteiger partial charge on any atom is 0.408 e. The van der Waals surface area contributed by atoms with Gasteiger partial charge in [0.1, 0.15) is 12.1 Å². The van der Waals surface area contributed by atoms with E-state index in [1.54, 1.807) is 0 Å². The number of halogens is 1. The Morgan fingerprint density at radius 1 is 0.971 bits per heavy atom. The van der Waals surface area contributed by atoms with Crippen LogP contribution >= 0.6 is 11.6 Å². The highest BCUT2D eigenvalue weighted by Gasteiger charge is 2.52. The molecule has 3 aromatic rings. The first kappa shape index (κ1) is 22.0. The summed E-state index contributed by atoms with van der Waals surface area (Å²) in [5, 5.41) is 14.6. The third kappa shape index (κ3) is 3.99. The number of aromatic carboxylic acids is 1. The van der Waals surface area contributed by atoms with Crippen molar-refractivity contribution in [3.05, 3.63) is 88.4 Å². The molecule has 7 nitrogen and oxygen atoms in total. The average molecular weight is 477 g/mol. The van der Waals surface area contributed by atoms with Gasteiger partial charge in [-0.05, 0) is 53.3 Å². The van der Waals surface area contributed by atoms with Crippen LogP contribution in [0.3, 0.4) is 0 Å². The van der Waals surface area contributed by atoms with Crippen LogP contribution in [0.4, 0.5) is 10.5 Å². The van der Waals surface area contributed by atoms with E-state index in [4.69, 9.17) is 16.3 Å². The lowest BCUT2D eigenvalue weighted by molar-refractivity contribution is -0.119. The minimum absolute atomic E-state index is 0.0726. The summed E-state index contributed by atoms with van der Waals surface area (Å²) in [5.74, 6) is -1.70. The molecule has 0 heterocycles. The topological polar surface area (TPSA) is 105 Å². The van der Waals surface area contributed by atoms with Gasteiger partial charge in [-0.25, -0.2) is 9.59 Å². The Labute approximate surface area is 200 Å². The highest BCUT2D eigenvalue weighted by molar-refractivity contribution is 6.33. The number of amides is 2. The molecule has 2 aliphatic carbocycles. The number of carbonyl (C=O) groups is 3. The third-order valence-electron chi connectivity index (χ3n) is 6.32. The minimum atomic E-state index is -1.20. The summed E-state index contributed by atoms with van der Waals surface area (Å²) in [6.45, 7) is 0.150. The van der Waals surface area contributed by atoms with E-state index >= 15 is 0 Å². The van der Waals surface area contributed by atoms with E-state index in [0.29, 0.717) is 12.8 Å². The molecule has 0 bridgehead atoms.